The highest BCUT2D eigenvalue weighted by Gasteiger charge is 2.16. The van der Waals surface area contributed by atoms with Crippen LogP contribution in [0.1, 0.15) is 17.6 Å². The van der Waals surface area contributed by atoms with Gasteiger partial charge in [-0.1, -0.05) is 6.07 Å². The molecule has 0 atom stereocenters. The number of carbonyl (C=O) groups excluding carboxylic acids is 1. The Morgan fingerprint density at radius 2 is 1.92 bits per heavy atom. The van der Waals surface area contributed by atoms with E-state index in [0.29, 0.717) is 23.6 Å². The Kier molecular flexibility index (Phi) is 4.94. The third-order valence-corrected chi connectivity index (χ3v) is 3.36. The van der Waals surface area contributed by atoms with Gasteiger partial charge in [-0.2, -0.15) is 0 Å². The van der Waals surface area contributed by atoms with E-state index in [0.717, 1.165) is 5.75 Å². The maximum absolute atomic E-state index is 12.2. The van der Waals surface area contributed by atoms with E-state index in [1.807, 2.05) is 6.92 Å². The van der Waals surface area contributed by atoms with Gasteiger partial charge in [-0.25, -0.2) is 0 Å². The zero-order valence-corrected chi connectivity index (χ0v) is 13.9. The van der Waals surface area contributed by atoms with Crippen molar-refractivity contribution in [2.45, 2.75) is 6.92 Å². The molecule has 0 radical (unpaired) electrons. The SMILES string of the molecule is CCOc1ccc(NC(=O)c2nnc(-c3cccc(OC)c3)o2)cc1. The lowest BCUT2D eigenvalue weighted by Gasteiger charge is -2.05. The van der Waals surface area contributed by atoms with Gasteiger partial charge in [-0.05, 0) is 49.4 Å². The highest BCUT2D eigenvalue weighted by molar-refractivity contribution is 6.00. The molecule has 3 aromatic rings. The van der Waals surface area contributed by atoms with Gasteiger partial charge in [0.05, 0.1) is 13.7 Å². The molecular formula is C18H17N3O4. The highest BCUT2D eigenvalue weighted by Crippen LogP contribution is 2.23. The number of hydrogen-bond acceptors (Lipinski definition) is 6. The maximum Gasteiger partial charge on any atom is 0.313 e. The summed E-state index contributed by atoms with van der Waals surface area (Å²) in [6.45, 7) is 2.49. The van der Waals surface area contributed by atoms with Crippen molar-refractivity contribution in [1.29, 1.82) is 0 Å². The van der Waals surface area contributed by atoms with Gasteiger partial charge in [-0.3, -0.25) is 4.79 Å². The first kappa shape index (κ1) is 16.5. The van der Waals surface area contributed by atoms with Gasteiger partial charge in [0.15, 0.2) is 0 Å². The van der Waals surface area contributed by atoms with Crippen molar-refractivity contribution in [3.63, 3.8) is 0 Å². The van der Waals surface area contributed by atoms with E-state index in [4.69, 9.17) is 13.9 Å². The van der Waals surface area contributed by atoms with E-state index in [-0.39, 0.29) is 11.8 Å². The van der Waals surface area contributed by atoms with E-state index in [9.17, 15) is 4.79 Å². The van der Waals surface area contributed by atoms with Gasteiger partial charge >= 0.3 is 11.8 Å². The Balaban J connectivity index is 1.71. The van der Waals surface area contributed by atoms with Crippen molar-refractivity contribution >= 4 is 11.6 Å². The fourth-order valence-electron chi connectivity index (χ4n) is 2.17. The van der Waals surface area contributed by atoms with Crippen LogP contribution in [0.4, 0.5) is 5.69 Å². The molecule has 1 N–H and O–H groups in total. The monoisotopic (exact) mass is 339 g/mol. The molecule has 0 bridgehead atoms. The second-order valence-electron chi connectivity index (χ2n) is 5.06. The summed E-state index contributed by atoms with van der Waals surface area (Å²) < 4.78 is 16.0. The Morgan fingerprint density at radius 1 is 1.12 bits per heavy atom. The molecule has 128 valence electrons. The summed E-state index contributed by atoms with van der Waals surface area (Å²) in [5.74, 6) is 1.04. The predicted molar refractivity (Wildman–Crippen MR) is 91.9 cm³/mol. The maximum atomic E-state index is 12.2. The molecule has 1 heterocycles. The summed E-state index contributed by atoms with van der Waals surface area (Å²) in [6.07, 6.45) is 0. The number of methoxy groups -OCH3 is 1. The number of nitrogens with one attached hydrogen (secondary N) is 1. The van der Waals surface area contributed by atoms with Crippen molar-refractivity contribution in [2.24, 2.45) is 0 Å². The molecule has 7 heteroatoms. The Bertz CT molecular complexity index is 859. The van der Waals surface area contributed by atoms with E-state index in [2.05, 4.69) is 15.5 Å². The zero-order valence-electron chi connectivity index (χ0n) is 13.9. The minimum Gasteiger partial charge on any atom is -0.497 e. The molecule has 0 spiro atoms. The lowest BCUT2D eigenvalue weighted by molar-refractivity contribution is 0.0991. The lowest BCUT2D eigenvalue weighted by Crippen LogP contribution is -2.12. The first-order valence-electron chi connectivity index (χ1n) is 7.71. The Labute approximate surface area is 144 Å². The number of carbonyl (C=O) groups is 1. The van der Waals surface area contributed by atoms with E-state index in [1.165, 1.54) is 0 Å². The number of nitrogens with zero attached hydrogens (tertiary/aromatic N) is 2. The van der Waals surface area contributed by atoms with Crippen LogP contribution in [0.2, 0.25) is 0 Å². The van der Waals surface area contributed by atoms with Crippen LogP contribution < -0.4 is 14.8 Å². The number of benzene rings is 2. The van der Waals surface area contributed by atoms with Gasteiger partial charge in [0, 0.05) is 11.3 Å². The van der Waals surface area contributed by atoms with Crippen molar-refractivity contribution in [3.05, 3.63) is 54.4 Å². The van der Waals surface area contributed by atoms with Crippen molar-refractivity contribution in [2.75, 3.05) is 19.0 Å². The molecule has 0 fully saturated rings. The smallest absolute Gasteiger partial charge is 0.313 e. The van der Waals surface area contributed by atoms with E-state index < -0.39 is 5.91 Å². The number of hydrogen-bond donors (Lipinski definition) is 1. The van der Waals surface area contributed by atoms with Crippen LogP contribution in [-0.2, 0) is 0 Å². The third kappa shape index (κ3) is 3.95. The standard InChI is InChI=1S/C18H17N3O4/c1-3-24-14-9-7-13(8-10-14)19-16(22)18-21-20-17(25-18)12-5-4-6-15(11-12)23-2/h4-11H,3H2,1-2H3,(H,19,22). The average molecular weight is 339 g/mol. The van der Waals surface area contributed by atoms with E-state index in [1.54, 1.807) is 55.6 Å². The molecule has 0 aliphatic heterocycles. The molecule has 7 nitrogen and oxygen atoms in total. The molecule has 0 aliphatic carbocycles. The predicted octanol–water partition coefficient (Wildman–Crippen LogP) is 3.40. The normalized spacial score (nSPS) is 10.3. The van der Waals surface area contributed by atoms with Crippen LogP contribution in [0.5, 0.6) is 11.5 Å². The number of amides is 1. The second kappa shape index (κ2) is 7.48. The van der Waals surface area contributed by atoms with Crippen LogP contribution in [0.15, 0.2) is 52.9 Å². The first-order valence-corrected chi connectivity index (χ1v) is 7.71. The summed E-state index contributed by atoms with van der Waals surface area (Å²) >= 11 is 0. The molecule has 3 rings (SSSR count). The van der Waals surface area contributed by atoms with Crippen LogP contribution in [-0.4, -0.2) is 29.8 Å². The molecule has 0 unspecified atom stereocenters. The molecule has 2 aromatic carbocycles. The molecule has 1 aromatic heterocycles. The third-order valence-electron chi connectivity index (χ3n) is 3.36. The van der Waals surface area contributed by atoms with Crippen molar-refractivity contribution in [3.8, 4) is 23.0 Å². The minimum atomic E-state index is -0.481. The largest absolute Gasteiger partial charge is 0.497 e. The van der Waals surface area contributed by atoms with Crippen LogP contribution in [0.3, 0.4) is 0 Å². The van der Waals surface area contributed by atoms with Gasteiger partial charge in [0.25, 0.3) is 0 Å². The van der Waals surface area contributed by atoms with Gasteiger partial charge in [0.1, 0.15) is 11.5 Å². The quantitative estimate of drug-likeness (QED) is 0.741. The highest BCUT2D eigenvalue weighted by atomic mass is 16.5. The lowest BCUT2D eigenvalue weighted by atomic mass is 10.2. The average Bonchev–Trinajstić information content (AvgIpc) is 3.14. The van der Waals surface area contributed by atoms with Gasteiger partial charge in [0.2, 0.25) is 5.89 Å². The topological polar surface area (TPSA) is 86.5 Å². The fourth-order valence-corrected chi connectivity index (χ4v) is 2.17. The van der Waals surface area contributed by atoms with E-state index >= 15 is 0 Å². The number of ether oxygens (including phenoxy) is 2. The molecule has 0 aliphatic rings. The number of anilines is 1. The number of rotatable bonds is 6. The first-order chi connectivity index (χ1) is 12.2. The summed E-state index contributed by atoms with van der Waals surface area (Å²) in [6, 6.07) is 14.2. The Morgan fingerprint density at radius 3 is 2.64 bits per heavy atom. The molecule has 0 saturated heterocycles. The van der Waals surface area contributed by atoms with Gasteiger partial charge in [-0.15, -0.1) is 10.2 Å². The van der Waals surface area contributed by atoms with Crippen LogP contribution >= 0.6 is 0 Å². The van der Waals surface area contributed by atoms with Gasteiger partial charge < -0.3 is 19.2 Å². The minimum absolute atomic E-state index is 0.119. The zero-order chi connectivity index (χ0) is 17.6. The van der Waals surface area contributed by atoms with Crippen LogP contribution in [0.25, 0.3) is 11.5 Å². The van der Waals surface area contributed by atoms with Crippen LogP contribution in [0, 0.1) is 0 Å². The molecule has 25 heavy (non-hydrogen) atoms. The molecular weight excluding hydrogens is 322 g/mol. The Hall–Kier alpha value is -3.35. The van der Waals surface area contributed by atoms with Crippen molar-refractivity contribution < 1.29 is 18.7 Å². The molecule has 0 saturated carbocycles. The number of aromatic nitrogens is 2. The summed E-state index contributed by atoms with van der Waals surface area (Å²) in [7, 11) is 1.57. The summed E-state index contributed by atoms with van der Waals surface area (Å²) in [4.78, 5) is 12.2. The second-order valence-corrected chi connectivity index (χ2v) is 5.06. The fraction of sp³-hybridized carbons (Fsp3) is 0.167. The van der Waals surface area contributed by atoms with Crippen molar-refractivity contribution in [1.82, 2.24) is 10.2 Å². The summed E-state index contributed by atoms with van der Waals surface area (Å²) in [5.41, 5.74) is 1.28. The summed E-state index contributed by atoms with van der Waals surface area (Å²) in [5, 5.41) is 10.4. The molecule has 1 amide bonds.